The SMILES string of the molecule is CC(C)CCCCCCNC(=O)CCS. The number of carbonyl (C=O) groups excluding carboxylic acids is 1. The van der Waals surface area contributed by atoms with E-state index in [0.717, 1.165) is 18.9 Å². The molecule has 0 fully saturated rings. The van der Waals surface area contributed by atoms with Crippen LogP contribution in [-0.2, 0) is 4.79 Å². The smallest absolute Gasteiger partial charge is 0.220 e. The summed E-state index contributed by atoms with van der Waals surface area (Å²) < 4.78 is 0. The van der Waals surface area contributed by atoms with E-state index < -0.39 is 0 Å². The van der Waals surface area contributed by atoms with E-state index >= 15 is 0 Å². The molecular formula is C12H25NOS. The maximum absolute atomic E-state index is 11.1. The Morgan fingerprint density at radius 1 is 1.20 bits per heavy atom. The molecule has 0 rings (SSSR count). The molecule has 0 spiro atoms. The van der Waals surface area contributed by atoms with E-state index in [-0.39, 0.29) is 5.91 Å². The average molecular weight is 231 g/mol. The Kier molecular flexibility index (Phi) is 10.2. The predicted octanol–water partition coefficient (Wildman–Crippen LogP) is 3.03. The molecule has 0 radical (unpaired) electrons. The third kappa shape index (κ3) is 11.7. The summed E-state index contributed by atoms with van der Waals surface area (Å²) in [4.78, 5) is 11.1. The zero-order chi connectivity index (χ0) is 11.5. The molecule has 2 nitrogen and oxygen atoms in total. The molecule has 0 saturated heterocycles. The van der Waals surface area contributed by atoms with Gasteiger partial charge in [0.05, 0.1) is 0 Å². The van der Waals surface area contributed by atoms with E-state index in [1.807, 2.05) is 0 Å². The summed E-state index contributed by atoms with van der Waals surface area (Å²) in [5.41, 5.74) is 0. The molecule has 15 heavy (non-hydrogen) atoms. The fourth-order valence-corrected chi connectivity index (χ4v) is 1.65. The number of amides is 1. The minimum atomic E-state index is 0.132. The number of unbranched alkanes of at least 4 members (excludes halogenated alkanes) is 3. The van der Waals surface area contributed by atoms with Crippen LogP contribution in [-0.4, -0.2) is 18.2 Å². The number of rotatable bonds is 9. The van der Waals surface area contributed by atoms with Gasteiger partial charge in [0.15, 0.2) is 0 Å². The molecule has 0 aromatic carbocycles. The van der Waals surface area contributed by atoms with Gasteiger partial charge in [-0.15, -0.1) is 0 Å². The van der Waals surface area contributed by atoms with Gasteiger partial charge in [0.2, 0.25) is 5.91 Å². The van der Waals surface area contributed by atoms with E-state index in [2.05, 4.69) is 31.8 Å². The third-order valence-electron chi connectivity index (χ3n) is 2.37. The summed E-state index contributed by atoms with van der Waals surface area (Å²) in [6.07, 6.45) is 6.82. The highest BCUT2D eigenvalue weighted by Crippen LogP contribution is 2.08. The zero-order valence-corrected chi connectivity index (χ0v) is 11.0. The third-order valence-corrected chi connectivity index (χ3v) is 2.59. The van der Waals surface area contributed by atoms with E-state index in [4.69, 9.17) is 0 Å². The monoisotopic (exact) mass is 231 g/mol. The Morgan fingerprint density at radius 2 is 1.87 bits per heavy atom. The van der Waals surface area contributed by atoms with Gasteiger partial charge in [0.25, 0.3) is 0 Å². The molecule has 3 heteroatoms. The topological polar surface area (TPSA) is 29.1 Å². The van der Waals surface area contributed by atoms with Crippen LogP contribution in [0.1, 0.15) is 52.4 Å². The average Bonchev–Trinajstić information content (AvgIpc) is 2.16. The molecule has 0 heterocycles. The minimum absolute atomic E-state index is 0.132. The molecule has 0 atom stereocenters. The van der Waals surface area contributed by atoms with Gasteiger partial charge in [-0.05, 0) is 18.1 Å². The van der Waals surface area contributed by atoms with Gasteiger partial charge in [-0.2, -0.15) is 12.6 Å². The fraction of sp³-hybridized carbons (Fsp3) is 0.917. The summed E-state index contributed by atoms with van der Waals surface area (Å²) in [5, 5.41) is 2.90. The first-order chi connectivity index (χ1) is 7.16. The van der Waals surface area contributed by atoms with E-state index in [0.29, 0.717) is 12.2 Å². The van der Waals surface area contributed by atoms with Gasteiger partial charge >= 0.3 is 0 Å². The first kappa shape index (κ1) is 14.8. The zero-order valence-electron chi connectivity index (χ0n) is 10.1. The van der Waals surface area contributed by atoms with Gasteiger partial charge in [-0.25, -0.2) is 0 Å². The van der Waals surface area contributed by atoms with Crippen LogP contribution in [0.4, 0.5) is 0 Å². The van der Waals surface area contributed by atoms with Crippen molar-refractivity contribution in [2.45, 2.75) is 52.4 Å². The molecule has 0 bridgehead atoms. The summed E-state index contributed by atoms with van der Waals surface area (Å²) >= 11 is 4.01. The van der Waals surface area contributed by atoms with Crippen LogP contribution in [0, 0.1) is 5.92 Å². The summed E-state index contributed by atoms with van der Waals surface area (Å²) in [5.74, 6) is 1.59. The Hall–Kier alpha value is -0.180. The van der Waals surface area contributed by atoms with Crippen molar-refractivity contribution in [2.75, 3.05) is 12.3 Å². The highest BCUT2D eigenvalue weighted by atomic mass is 32.1. The maximum atomic E-state index is 11.1. The number of hydrogen-bond acceptors (Lipinski definition) is 2. The number of hydrogen-bond donors (Lipinski definition) is 2. The van der Waals surface area contributed by atoms with Crippen LogP contribution in [0.5, 0.6) is 0 Å². The lowest BCUT2D eigenvalue weighted by Gasteiger charge is -2.05. The van der Waals surface area contributed by atoms with Gasteiger partial charge in [0.1, 0.15) is 0 Å². The predicted molar refractivity (Wildman–Crippen MR) is 69.4 cm³/mol. The maximum Gasteiger partial charge on any atom is 0.220 e. The second-order valence-electron chi connectivity index (χ2n) is 4.42. The second-order valence-corrected chi connectivity index (χ2v) is 4.87. The Bertz CT molecular complexity index is 160. The van der Waals surface area contributed by atoms with Crippen LogP contribution >= 0.6 is 12.6 Å². The molecule has 0 aliphatic carbocycles. The van der Waals surface area contributed by atoms with E-state index in [1.165, 1.54) is 25.7 Å². The molecule has 0 aromatic rings. The lowest BCUT2D eigenvalue weighted by atomic mass is 10.0. The van der Waals surface area contributed by atoms with Crippen molar-refractivity contribution >= 4 is 18.5 Å². The quantitative estimate of drug-likeness (QED) is 0.463. The summed E-state index contributed by atoms with van der Waals surface area (Å²) in [6, 6.07) is 0. The van der Waals surface area contributed by atoms with E-state index in [1.54, 1.807) is 0 Å². The molecule has 90 valence electrons. The Labute approximate surface area is 99.6 Å². The van der Waals surface area contributed by atoms with Crippen LogP contribution < -0.4 is 5.32 Å². The second kappa shape index (κ2) is 10.3. The lowest BCUT2D eigenvalue weighted by molar-refractivity contribution is -0.120. The van der Waals surface area contributed by atoms with Crippen LogP contribution in [0.3, 0.4) is 0 Å². The molecule has 0 saturated carbocycles. The number of nitrogens with one attached hydrogen (secondary N) is 1. The lowest BCUT2D eigenvalue weighted by Crippen LogP contribution is -2.24. The molecule has 0 aromatic heterocycles. The van der Waals surface area contributed by atoms with Gasteiger partial charge in [-0.1, -0.05) is 39.5 Å². The Balaban J connectivity index is 3.08. The molecule has 0 unspecified atom stereocenters. The largest absolute Gasteiger partial charge is 0.356 e. The first-order valence-electron chi connectivity index (χ1n) is 6.04. The van der Waals surface area contributed by atoms with Crippen molar-refractivity contribution in [1.29, 1.82) is 0 Å². The van der Waals surface area contributed by atoms with Gasteiger partial charge < -0.3 is 5.32 Å². The van der Waals surface area contributed by atoms with Crippen molar-refractivity contribution in [2.24, 2.45) is 5.92 Å². The fourth-order valence-electron chi connectivity index (χ4n) is 1.45. The highest BCUT2D eigenvalue weighted by molar-refractivity contribution is 7.80. The Morgan fingerprint density at radius 3 is 2.47 bits per heavy atom. The van der Waals surface area contributed by atoms with Crippen molar-refractivity contribution in [3.05, 3.63) is 0 Å². The normalized spacial score (nSPS) is 10.7. The standard InChI is InChI=1S/C12H25NOS/c1-11(2)7-5-3-4-6-9-13-12(14)8-10-15/h11,15H,3-10H2,1-2H3,(H,13,14). The molecule has 1 amide bonds. The molecule has 1 N–H and O–H groups in total. The highest BCUT2D eigenvalue weighted by Gasteiger charge is 1.98. The number of carbonyl (C=O) groups is 1. The summed E-state index contributed by atoms with van der Waals surface area (Å²) in [6.45, 7) is 5.35. The van der Waals surface area contributed by atoms with Crippen molar-refractivity contribution in [3.63, 3.8) is 0 Å². The van der Waals surface area contributed by atoms with Crippen molar-refractivity contribution in [1.82, 2.24) is 5.32 Å². The van der Waals surface area contributed by atoms with Crippen molar-refractivity contribution < 1.29 is 4.79 Å². The van der Waals surface area contributed by atoms with Crippen LogP contribution in [0.2, 0.25) is 0 Å². The van der Waals surface area contributed by atoms with Crippen molar-refractivity contribution in [3.8, 4) is 0 Å². The number of thiol groups is 1. The first-order valence-corrected chi connectivity index (χ1v) is 6.67. The van der Waals surface area contributed by atoms with E-state index in [9.17, 15) is 4.79 Å². The molecule has 0 aliphatic rings. The van der Waals surface area contributed by atoms with Crippen LogP contribution in [0.25, 0.3) is 0 Å². The minimum Gasteiger partial charge on any atom is -0.356 e. The van der Waals surface area contributed by atoms with Gasteiger partial charge in [0, 0.05) is 13.0 Å². The van der Waals surface area contributed by atoms with Gasteiger partial charge in [-0.3, -0.25) is 4.79 Å². The summed E-state index contributed by atoms with van der Waals surface area (Å²) in [7, 11) is 0. The molecule has 0 aliphatic heterocycles. The van der Waals surface area contributed by atoms with Crippen LogP contribution in [0.15, 0.2) is 0 Å². The molecular weight excluding hydrogens is 206 g/mol.